The van der Waals surface area contributed by atoms with Gasteiger partial charge in [0, 0.05) is 43.7 Å². The predicted octanol–water partition coefficient (Wildman–Crippen LogP) is 2.12. The fraction of sp³-hybridized carbons (Fsp3) is 0.765. The van der Waals surface area contributed by atoms with Gasteiger partial charge >= 0.3 is 0 Å². The van der Waals surface area contributed by atoms with Crippen molar-refractivity contribution in [2.24, 2.45) is 11.8 Å². The Labute approximate surface area is 131 Å². The highest BCUT2D eigenvalue weighted by molar-refractivity contribution is 5.81. The summed E-state index contributed by atoms with van der Waals surface area (Å²) in [5.41, 5.74) is 2.22. The molecule has 2 bridgehead atoms. The van der Waals surface area contributed by atoms with E-state index in [1.54, 1.807) is 0 Å². The molecule has 0 unspecified atom stereocenters. The van der Waals surface area contributed by atoms with Crippen molar-refractivity contribution in [3.05, 3.63) is 17.0 Å². The van der Waals surface area contributed by atoms with Gasteiger partial charge in [0.05, 0.1) is 5.69 Å². The lowest BCUT2D eigenvalue weighted by atomic mass is 9.94. The Bertz CT molecular complexity index is 559. The van der Waals surface area contributed by atoms with Crippen LogP contribution >= 0.6 is 0 Å². The molecule has 4 heterocycles. The zero-order valence-electron chi connectivity index (χ0n) is 13.5. The van der Waals surface area contributed by atoms with E-state index in [0.717, 1.165) is 50.5 Å². The van der Waals surface area contributed by atoms with E-state index in [4.69, 9.17) is 4.52 Å². The van der Waals surface area contributed by atoms with E-state index in [1.807, 2.05) is 13.8 Å². The van der Waals surface area contributed by atoms with Gasteiger partial charge in [0.2, 0.25) is 5.91 Å². The number of aromatic nitrogens is 1. The van der Waals surface area contributed by atoms with Crippen molar-refractivity contribution in [2.45, 2.75) is 52.1 Å². The Kier molecular flexibility index (Phi) is 3.48. The quantitative estimate of drug-likeness (QED) is 0.858. The van der Waals surface area contributed by atoms with Crippen LogP contribution in [0.4, 0.5) is 0 Å². The number of carbonyl (C=O) groups is 1. The summed E-state index contributed by atoms with van der Waals surface area (Å²) in [6, 6.07) is 0.410. The summed E-state index contributed by atoms with van der Waals surface area (Å²) in [7, 11) is 0. The maximum absolute atomic E-state index is 12.5. The number of hydrogen-bond acceptors (Lipinski definition) is 4. The van der Waals surface area contributed by atoms with Gasteiger partial charge in [-0.15, -0.1) is 0 Å². The molecule has 3 aliphatic heterocycles. The van der Waals surface area contributed by atoms with Crippen molar-refractivity contribution in [1.82, 2.24) is 15.0 Å². The lowest BCUT2D eigenvalue weighted by Gasteiger charge is -2.36. The van der Waals surface area contributed by atoms with Crippen molar-refractivity contribution in [1.29, 1.82) is 0 Å². The molecule has 0 spiro atoms. The number of fused-ring (bicyclic) bond motifs is 4. The fourth-order valence-electron chi connectivity index (χ4n) is 4.09. The largest absolute Gasteiger partial charge is 0.361 e. The van der Waals surface area contributed by atoms with Crippen molar-refractivity contribution in [2.75, 3.05) is 19.6 Å². The molecule has 0 aromatic carbocycles. The van der Waals surface area contributed by atoms with Crippen molar-refractivity contribution in [3.63, 3.8) is 0 Å². The van der Waals surface area contributed by atoms with Crippen LogP contribution in [0.25, 0.3) is 0 Å². The minimum atomic E-state index is 0.343. The molecule has 1 saturated carbocycles. The first kappa shape index (κ1) is 14.2. The van der Waals surface area contributed by atoms with E-state index in [9.17, 15) is 4.79 Å². The molecular weight excluding hydrogens is 278 g/mol. The highest BCUT2D eigenvalue weighted by Gasteiger charge is 2.42. The SMILES string of the molecule is Cc1noc(C)c1CN1C[C@H]2CC[C@@H](C1)N(C(=O)C1CC1)C2. The number of piperidine rings is 1. The second-order valence-corrected chi connectivity index (χ2v) is 7.36. The van der Waals surface area contributed by atoms with Crippen molar-refractivity contribution >= 4 is 5.91 Å². The molecule has 0 N–H and O–H groups in total. The molecule has 1 amide bonds. The zero-order chi connectivity index (χ0) is 15.3. The van der Waals surface area contributed by atoms with Gasteiger partial charge in [-0.3, -0.25) is 9.69 Å². The maximum atomic E-state index is 12.5. The van der Waals surface area contributed by atoms with Gasteiger partial charge in [-0.05, 0) is 45.4 Å². The molecule has 0 radical (unpaired) electrons. The Morgan fingerprint density at radius 1 is 1.18 bits per heavy atom. The average Bonchev–Trinajstić information content (AvgIpc) is 3.32. The summed E-state index contributed by atoms with van der Waals surface area (Å²) >= 11 is 0. The van der Waals surface area contributed by atoms with Crippen LogP contribution in [0.15, 0.2) is 4.52 Å². The minimum absolute atomic E-state index is 0.343. The summed E-state index contributed by atoms with van der Waals surface area (Å²) in [4.78, 5) is 17.2. The zero-order valence-corrected chi connectivity index (χ0v) is 13.5. The van der Waals surface area contributed by atoms with Crippen LogP contribution in [-0.4, -0.2) is 46.5 Å². The molecule has 4 fully saturated rings. The summed E-state index contributed by atoms with van der Waals surface area (Å²) in [6.45, 7) is 7.97. The summed E-state index contributed by atoms with van der Waals surface area (Å²) in [5.74, 6) is 2.33. The van der Waals surface area contributed by atoms with Gasteiger partial charge in [0.15, 0.2) is 0 Å². The summed E-state index contributed by atoms with van der Waals surface area (Å²) < 4.78 is 5.30. The van der Waals surface area contributed by atoms with Gasteiger partial charge < -0.3 is 9.42 Å². The first-order valence-corrected chi connectivity index (χ1v) is 8.56. The van der Waals surface area contributed by atoms with Crippen LogP contribution in [0.5, 0.6) is 0 Å². The van der Waals surface area contributed by atoms with Crippen molar-refractivity contribution in [3.8, 4) is 0 Å². The minimum Gasteiger partial charge on any atom is -0.361 e. The molecule has 4 aliphatic rings. The van der Waals surface area contributed by atoms with E-state index in [1.165, 1.54) is 18.4 Å². The number of aryl methyl sites for hydroxylation is 2. The van der Waals surface area contributed by atoms with Crippen LogP contribution in [0.1, 0.15) is 42.7 Å². The molecule has 3 saturated heterocycles. The molecule has 1 aliphatic carbocycles. The Morgan fingerprint density at radius 2 is 2.00 bits per heavy atom. The Balaban J connectivity index is 1.49. The Morgan fingerprint density at radius 3 is 2.68 bits per heavy atom. The van der Waals surface area contributed by atoms with Gasteiger partial charge in [-0.2, -0.15) is 0 Å². The van der Waals surface area contributed by atoms with Gasteiger partial charge in [0.25, 0.3) is 0 Å². The lowest BCUT2D eigenvalue weighted by Crippen LogP contribution is -2.48. The van der Waals surface area contributed by atoms with E-state index in [0.29, 0.717) is 23.8 Å². The molecule has 5 rings (SSSR count). The first-order chi connectivity index (χ1) is 10.6. The maximum Gasteiger partial charge on any atom is 0.225 e. The average molecular weight is 303 g/mol. The third-order valence-corrected chi connectivity index (χ3v) is 5.56. The van der Waals surface area contributed by atoms with Gasteiger partial charge in [-0.1, -0.05) is 5.16 Å². The second kappa shape index (κ2) is 5.37. The van der Waals surface area contributed by atoms with E-state index in [2.05, 4.69) is 15.0 Å². The van der Waals surface area contributed by atoms with Crippen LogP contribution in [-0.2, 0) is 11.3 Å². The smallest absolute Gasteiger partial charge is 0.225 e. The van der Waals surface area contributed by atoms with Crippen LogP contribution < -0.4 is 0 Å². The molecular formula is C17H25N3O2. The number of amides is 1. The molecule has 22 heavy (non-hydrogen) atoms. The normalized spacial score (nSPS) is 28.9. The highest BCUT2D eigenvalue weighted by Crippen LogP contribution is 2.36. The van der Waals surface area contributed by atoms with E-state index in [-0.39, 0.29) is 0 Å². The van der Waals surface area contributed by atoms with Crippen LogP contribution in [0.2, 0.25) is 0 Å². The fourth-order valence-corrected chi connectivity index (χ4v) is 4.09. The summed E-state index contributed by atoms with van der Waals surface area (Å²) in [5, 5.41) is 4.07. The van der Waals surface area contributed by atoms with Gasteiger partial charge in [0.1, 0.15) is 5.76 Å². The number of rotatable bonds is 3. The third-order valence-electron chi connectivity index (χ3n) is 5.56. The molecule has 2 atom stereocenters. The second-order valence-electron chi connectivity index (χ2n) is 7.36. The molecule has 1 aromatic rings. The summed E-state index contributed by atoms with van der Waals surface area (Å²) in [6.07, 6.45) is 4.64. The van der Waals surface area contributed by atoms with E-state index >= 15 is 0 Å². The first-order valence-electron chi connectivity index (χ1n) is 8.56. The lowest BCUT2D eigenvalue weighted by molar-refractivity contribution is -0.136. The third kappa shape index (κ3) is 2.56. The molecule has 5 nitrogen and oxygen atoms in total. The monoisotopic (exact) mass is 303 g/mol. The Hall–Kier alpha value is -1.36. The van der Waals surface area contributed by atoms with Crippen LogP contribution in [0, 0.1) is 25.7 Å². The molecule has 120 valence electrons. The number of hydrogen-bond donors (Lipinski definition) is 0. The van der Waals surface area contributed by atoms with E-state index < -0.39 is 0 Å². The number of nitrogens with zero attached hydrogens (tertiary/aromatic N) is 3. The predicted molar refractivity (Wildman–Crippen MR) is 82.2 cm³/mol. The number of carbonyl (C=O) groups excluding carboxylic acids is 1. The van der Waals surface area contributed by atoms with Crippen LogP contribution in [0.3, 0.4) is 0 Å². The topological polar surface area (TPSA) is 49.6 Å². The molecule has 5 heteroatoms. The van der Waals surface area contributed by atoms with Gasteiger partial charge in [-0.25, -0.2) is 0 Å². The van der Waals surface area contributed by atoms with Crippen molar-refractivity contribution < 1.29 is 9.32 Å². The highest BCUT2D eigenvalue weighted by atomic mass is 16.5. The standard InChI is InChI=1S/C17H25N3O2/c1-11-16(12(2)22-18-11)10-19-7-13-3-6-15(9-19)20(8-13)17(21)14-4-5-14/h13-15H,3-10H2,1-2H3/t13-,15+/m1/s1. The molecule has 1 aromatic heterocycles.